The van der Waals surface area contributed by atoms with E-state index >= 15 is 0 Å². The molecule has 0 amide bonds. The molecule has 1 N–H and O–H groups in total. The van der Waals surface area contributed by atoms with Gasteiger partial charge in [0, 0.05) is 12.6 Å². The molecule has 2 fully saturated rings. The van der Waals surface area contributed by atoms with Crippen molar-refractivity contribution < 1.29 is 14.3 Å². The third-order valence-electron chi connectivity index (χ3n) is 2.90. The zero-order valence-electron chi connectivity index (χ0n) is 7.29. The van der Waals surface area contributed by atoms with Crippen molar-refractivity contribution in [1.82, 2.24) is 4.90 Å². The number of halogens is 1. The summed E-state index contributed by atoms with van der Waals surface area (Å²) in [5, 5.41) is 8.51. The van der Waals surface area contributed by atoms with Crippen molar-refractivity contribution in [3.8, 4) is 0 Å². The Morgan fingerprint density at radius 1 is 1.54 bits per heavy atom. The highest BCUT2D eigenvalue weighted by atomic mass is 19.1. The van der Waals surface area contributed by atoms with Gasteiger partial charge in [0.15, 0.2) is 0 Å². The average molecular weight is 185 g/mol. The molecule has 2 aliphatic heterocycles. The Balaban J connectivity index is 2.25. The summed E-state index contributed by atoms with van der Waals surface area (Å²) in [6, 6.07) is 0.0797. The van der Waals surface area contributed by atoms with E-state index in [1.54, 1.807) is 0 Å². The van der Waals surface area contributed by atoms with Crippen LogP contribution in [0.4, 0.5) is 4.39 Å². The van der Waals surface area contributed by atoms with Gasteiger partial charge in [-0.3, -0.25) is 4.90 Å². The van der Waals surface area contributed by atoms with Crippen molar-refractivity contribution >= 4 is 5.97 Å². The van der Waals surface area contributed by atoms with E-state index in [-0.39, 0.29) is 6.04 Å². The maximum absolute atomic E-state index is 13.1. The number of nitrogens with zero attached hydrogens (tertiary/aromatic N) is 1. The van der Waals surface area contributed by atoms with E-state index in [0.29, 0.717) is 12.0 Å². The molecule has 0 aromatic rings. The third kappa shape index (κ3) is 1.35. The Labute approximate surface area is 75.8 Å². The van der Waals surface area contributed by atoms with Gasteiger partial charge in [0.2, 0.25) is 5.83 Å². The Morgan fingerprint density at radius 2 is 2.31 bits per heavy atom. The summed E-state index contributed by atoms with van der Waals surface area (Å²) in [7, 11) is 0. The molecule has 0 bridgehead atoms. The Morgan fingerprint density at radius 3 is 3.00 bits per heavy atom. The summed E-state index contributed by atoms with van der Waals surface area (Å²) >= 11 is 0. The molecule has 0 saturated carbocycles. The van der Waals surface area contributed by atoms with Gasteiger partial charge in [-0.2, -0.15) is 4.39 Å². The molecule has 0 radical (unpaired) electrons. The minimum absolute atomic E-state index is 0.0797. The van der Waals surface area contributed by atoms with Crippen LogP contribution in [0.5, 0.6) is 0 Å². The van der Waals surface area contributed by atoms with Crippen LogP contribution in [0.1, 0.15) is 19.3 Å². The number of fused-ring (bicyclic) bond motifs is 1. The molecule has 0 aromatic carbocycles. The number of hydrogen-bond donors (Lipinski definition) is 1. The van der Waals surface area contributed by atoms with Gasteiger partial charge in [0.1, 0.15) is 0 Å². The number of hydrogen-bond acceptors (Lipinski definition) is 2. The van der Waals surface area contributed by atoms with Crippen molar-refractivity contribution in [1.29, 1.82) is 0 Å². The topological polar surface area (TPSA) is 40.5 Å². The molecule has 1 atom stereocenters. The standard InChI is InChI=1S/C9H12FNO2/c10-8(9(12)13)6-3-5-11-4-1-2-7(6)11/h7H,1-5H2,(H,12,13). The quantitative estimate of drug-likeness (QED) is 0.623. The summed E-state index contributed by atoms with van der Waals surface area (Å²) in [6.45, 7) is 1.81. The van der Waals surface area contributed by atoms with E-state index in [9.17, 15) is 9.18 Å². The molecule has 3 nitrogen and oxygen atoms in total. The SMILES string of the molecule is O=C(O)C(F)=C1CCN2CCCC12. The summed E-state index contributed by atoms with van der Waals surface area (Å²) in [5.74, 6) is -2.34. The highest BCUT2D eigenvalue weighted by Gasteiger charge is 2.36. The highest BCUT2D eigenvalue weighted by molar-refractivity contribution is 5.85. The van der Waals surface area contributed by atoms with E-state index < -0.39 is 11.8 Å². The zero-order chi connectivity index (χ0) is 9.42. The maximum Gasteiger partial charge on any atom is 0.364 e. The van der Waals surface area contributed by atoms with Crippen molar-refractivity contribution in [3.05, 3.63) is 11.4 Å². The lowest BCUT2D eigenvalue weighted by atomic mass is 10.0. The second-order valence-corrected chi connectivity index (χ2v) is 3.59. The van der Waals surface area contributed by atoms with Crippen molar-refractivity contribution in [2.75, 3.05) is 13.1 Å². The van der Waals surface area contributed by atoms with Crippen LogP contribution >= 0.6 is 0 Å². The average Bonchev–Trinajstić information content (AvgIpc) is 2.61. The molecule has 4 heteroatoms. The van der Waals surface area contributed by atoms with Gasteiger partial charge >= 0.3 is 5.97 Å². The van der Waals surface area contributed by atoms with Gasteiger partial charge in [-0.1, -0.05) is 0 Å². The van der Waals surface area contributed by atoms with E-state index in [1.165, 1.54) is 0 Å². The van der Waals surface area contributed by atoms with Gasteiger partial charge in [0.05, 0.1) is 0 Å². The Kier molecular flexibility index (Phi) is 2.07. The predicted molar refractivity (Wildman–Crippen MR) is 45.0 cm³/mol. The first-order valence-electron chi connectivity index (χ1n) is 4.56. The molecule has 0 aromatic heterocycles. The number of carbonyl (C=O) groups is 1. The van der Waals surface area contributed by atoms with Crippen LogP contribution < -0.4 is 0 Å². The monoisotopic (exact) mass is 185 g/mol. The van der Waals surface area contributed by atoms with E-state index in [1.807, 2.05) is 0 Å². The van der Waals surface area contributed by atoms with Crippen LogP contribution in [-0.4, -0.2) is 35.1 Å². The minimum Gasteiger partial charge on any atom is -0.476 e. The summed E-state index contributed by atoms with van der Waals surface area (Å²) < 4.78 is 13.1. The molecule has 72 valence electrons. The fourth-order valence-electron chi connectivity index (χ4n) is 2.31. The van der Waals surface area contributed by atoms with Crippen LogP contribution in [0.3, 0.4) is 0 Å². The first-order valence-corrected chi connectivity index (χ1v) is 4.56. The molecule has 0 spiro atoms. The van der Waals surface area contributed by atoms with Crippen LogP contribution in [-0.2, 0) is 4.79 Å². The van der Waals surface area contributed by atoms with Gasteiger partial charge < -0.3 is 5.11 Å². The summed E-state index contributed by atoms with van der Waals surface area (Å²) in [4.78, 5) is 12.6. The molecule has 13 heavy (non-hydrogen) atoms. The van der Waals surface area contributed by atoms with Gasteiger partial charge in [-0.05, 0) is 31.4 Å². The van der Waals surface area contributed by atoms with Crippen LogP contribution in [0.15, 0.2) is 11.4 Å². The second-order valence-electron chi connectivity index (χ2n) is 3.59. The third-order valence-corrected chi connectivity index (χ3v) is 2.90. The van der Waals surface area contributed by atoms with Crippen LogP contribution in [0.2, 0.25) is 0 Å². The molecular formula is C9H12FNO2. The molecular weight excluding hydrogens is 173 g/mol. The minimum atomic E-state index is -1.41. The molecule has 2 aliphatic rings. The second kappa shape index (κ2) is 3.10. The molecule has 1 unspecified atom stereocenters. The smallest absolute Gasteiger partial charge is 0.364 e. The molecule has 2 heterocycles. The summed E-state index contributed by atoms with van der Waals surface area (Å²) in [5.41, 5.74) is 0.505. The first kappa shape index (κ1) is 8.69. The van der Waals surface area contributed by atoms with Gasteiger partial charge in [-0.15, -0.1) is 0 Å². The Bertz CT molecular complexity index is 275. The van der Waals surface area contributed by atoms with E-state index in [2.05, 4.69) is 4.90 Å². The maximum atomic E-state index is 13.1. The van der Waals surface area contributed by atoms with Crippen molar-refractivity contribution in [2.45, 2.75) is 25.3 Å². The zero-order valence-corrected chi connectivity index (χ0v) is 7.29. The van der Waals surface area contributed by atoms with Gasteiger partial charge in [-0.25, -0.2) is 4.79 Å². The lowest BCUT2D eigenvalue weighted by Gasteiger charge is -2.13. The number of aliphatic carboxylic acids is 1. The highest BCUT2D eigenvalue weighted by Crippen LogP contribution is 2.34. The number of carboxylic acid groups (broad SMARTS) is 1. The molecule has 2 saturated heterocycles. The fourth-order valence-corrected chi connectivity index (χ4v) is 2.31. The predicted octanol–water partition coefficient (Wildman–Crippen LogP) is 1.16. The van der Waals surface area contributed by atoms with E-state index in [0.717, 1.165) is 25.9 Å². The van der Waals surface area contributed by atoms with Crippen molar-refractivity contribution in [3.63, 3.8) is 0 Å². The molecule has 2 rings (SSSR count). The molecule has 0 aliphatic carbocycles. The fraction of sp³-hybridized carbons (Fsp3) is 0.667. The van der Waals surface area contributed by atoms with Gasteiger partial charge in [0.25, 0.3) is 0 Å². The van der Waals surface area contributed by atoms with E-state index in [4.69, 9.17) is 5.11 Å². The lowest BCUT2D eigenvalue weighted by molar-refractivity contribution is -0.134. The Hall–Kier alpha value is -0.900. The first-order chi connectivity index (χ1) is 6.20. The van der Waals surface area contributed by atoms with Crippen LogP contribution in [0, 0.1) is 0 Å². The normalized spacial score (nSPS) is 31.9. The largest absolute Gasteiger partial charge is 0.476 e. The van der Waals surface area contributed by atoms with Crippen molar-refractivity contribution in [2.24, 2.45) is 0 Å². The van der Waals surface area contributed by atoms with Crippen LogP contribution in [0.25, 0.3) is 0 Å². The summed E-state index contributed by atoms with van der Waals surface area (Å²) in [6.07, 6.45) is 2.56. The number of carboxylic acids is 1. The number of rotatable bonds is 1. The lowest BCUT2D eigenvalue weighted by Crippen LogP contribution is -2.23.